The molecule has 0 heterocycles. The summed E-state index contributed by atoms with van der Waals surface area (Å²) in [5.41, 5.74) is 3.03. The maximum atomic E-state index is 2.43. The average Bonchev–Trinajstić information content (AvgIpc) is 2.81. The second kappa shape index (κ2) is 5.42. The van der Waals surface area contributed by atoms with Crippen LogP contribution in [0.25, 0.3) is 6.08 Å². The van der Waals surface area contributed by atoms with E-state index in [0.717, 1.165) is 9.60 Å². The minimum absolute atomic E-state index is 0. The molecular formula is C15H15HfP. The second-order valence-electron chi connectivity index (χ2n) is 4.10. The largest absolute Gasteiger partial charge is 1.00 e. The van der Waals surface area contributed by atoms with Gasteiger partial charge in [-0.2, -0.15) is 0 Å². The van der Waals surface area contributed by atoms with Gasteiger partial charge in [0.25, 0.3) is 0 Å². The first-order valence-electron chi connectivity index (χ1n) is 5.77. The van der Waals surface area contributed by atoms with Crippen LogP contribution in [-0.4, -0.2) is 0 Å². The molecule has 0 radical (unpaired) electrons. The number of benzene rings is 2. The monoisotopic (exact) mass is 406 g/mol. The zero-order valence-electron chi connectivity index (χ0n) is 11.4. The minimum Gasteiger partial charge on any atom is -1.00 e. The van der Waals surface area contributed by atoms with Crippen molar-refractivity contribution in [1.29, 1.82) is 0 Å². The van der Waals surface area contributed by atoms with Gasteiger partial charge in [0.1, 0.15) is 0 Å². The van der Waals surface area contributed by atoms with Crippen molar-refractivity contribution in [2.24, 2.45) is 0 Å². The quantitative estimate of drug-likeness (QED) is 0.536. The van der Waals surface area contributed by atoms with Gasteiger partial charge in [-0.05, 0) is 0 Å². The summed E-state index contributed by atoms with van der Waals surface area (Å²) in [5, 5.41) is 1.55. The molecular weight excluding hydrogens is 390 g/mol. The van der Waals surface area contributed by atoms with Crippen molar-refractivity contribution in [2.45, 2.75) is 3.67 Å². The number of hydrogen-bond donors (Lipinski definition) is 0. The number of rotatable bonds is 3. The summed E-state index contributed by atoms with van der Waals surface area (Å²) in [6.45, 7) is 0. The molecule has 0 aromatic heterocycles. The molecule has 0 spiro atoms. The van der Waals surface area contributed by atoms with Crippen LogP contribution in [-0.2, 0) is 22.3 Å². The fourth-order valence-corrected chi connectivity index (χ4v) is 12.3. The first-order chi connectivity index (χ1) is 8.43. The first-order valence-corrected chi connectivity index (χ1v) is 14.2. The number of hydrogen-bond acceptors (Lipinski definition) is 0. The third-order valence-electron chi connectivity index (χ3n) is 2.95. The maximum Gasteiger partial charge on any atom is -1.00 e. The van der Waals surface area contributed by atoms with Crippen LogP contribution < -0.4 is 5.30 Å². The minimum atomic E-state index is -0.603. The summed E-state index contributed by atoms with van der Waals surface area (Å²) in [4.78, 5) is 0. The van der Waals surface area contributed by atoms with E-state index in [2.05, 4.69) is 66.7 Å². The normalized spacial score (nSPS) is 17.3. The Labute approximate surface area is 118 Å². The van der Waals surface area contributed by atoms with E-state index in [1.807, 2.05) is 0 Å². The standard InChI is InChI=1S/C9H7.C6H6P.Hf.2H/c1-2-5-9-7-3-6-8(9)4-1;7-6-4-2-1-3-5-6;;;/h1-7H;1-5,7H;;;/q;-1;+3;2*-1. The van der Waals surface area contributed by atoms with Crippen LogP contribution in [0.15, 0.2) is 60.7 Å². The van der Waals surface area contributed by atoms with Crippen molar-refractivity contribution >= 4 is 17.3 Å². The summed E-state index contributed by atoms with van der Waals surface area (Å²) in [7, 11) is 0. The maximum absolute atomic E-state index is 2.43. The molecule has 2 heteroatoms. The Morgan fingerprint density at radius 1 is 0.941 bits per heavy atom. The van der Waals surface area contributed by atoms with E-state index in [-0.39, 0.29) is 2.85 Å². The average molecular weight is 405 g/mol. The molecule has 2 aromatic rings. The zero-order valence-corrected chi connectivity index (χ0v) is 14.0. The Balaban J connectivity index is 0.000000902. The van der Waals surface area contributed by atoms with Gasteiger partial charge in [-0.1, -0.05) is 0 Å². The molecule has 0 nitrogen and oxygen atoms in total. The van der Waals surface area contributed by atoms with Gasteiger partial charge < -0.3 is 2.85 Å². The Hall–Kier alpha value is -0.520. The molecule has 84 valence electrons. The van der Waals surface area contributed by atoms with Gasteiger partial charge in [0.05, 0.1) is 0 Å². The molecule has 0 aliphatic heterocycles. The molecule has 1 aliphatic carbocycles. The molecule has 0 saturated carbocycles. The topological polar surface area (TPSA) is 0 Å². The Kier molecular flexibility index (Phi) is 3.68. The summed E-state index contributed by atoms with van der Waals surface area (Å²) >= 11 is -0.603. The molecule has 0 bridgehead atoms. The SMILES string of the molecule is C1=C[CH]([Hf+2][PH]c2ccccc2)c2ccccc21.[H-].[H-]. The summed E-state index contributed by atoms with van der Waals surface area (Å²) in [6, 6.07) is 19.8. The smallest absolute Gasteiger partial charge is 1.00 e. The van der Waals surface area contributed by atoms with Gasteiger partial charge >= 0.3 is 115 Å². The van der Waals surface area contributed by atoms with Crippen LogP contribution in [0.5, 0.6) is 0 Å². The Morgan fingerprint density at radius 3 is 2.59 bits per heavy atom. The zero-order chi connectivity index (χ0) is 11.5. The molecule has 2 atom stereocenters. The van der Waals surface area contributed by atoms with Crippen LogP contribution in [0.3, 0.4) is 0 Å². The number of fused-ring (bicyclic) bond motifs is 1. The van der Waals surface area contributed by atoms with Gasteiger partial charge in [-0.15, -0.1) is 0 Å². The fourth-order valence-electron chi connectivity index (χ4n) is 2.06. The van der Waals surface area contributed by atoms with Crippen LogP contribution >= 0.6 is 5.93 Å². The van der Waals surface area contributed by atoms with E-state index in [1.165, 1.54) is 5.56 Å². The van der Waals surface area contributed by atoms with Crippen molar-refractivity contribution in [3.63, 3.8) is 0 Å². The third-order valence-corrected chi connectivity index (χ3v) is 13.9. The van der Waals surface area contributed by atoms with Gasteiger partial charge in [0.15, 0.2) is 0 Å². The predicted molar refractivity (Wildman–Crippen MR) is 74.8 cm³/mol. The third kappa shape index (κ3) is 2.67. The van der Waals surface area contributed by atoms with Gasteiger partial charge in [-0.3, -0.25) is 0 Å². The van der Waals surface area contributed by atoms with Crippen molar-refractivity contribution in [2.75, 3.05) is 0 Å². The Morgan fingerprint density at radius 2 is 1.71 bits per heavy atom. The Bertz CT molecular complexity index is 543. The molecule has 3 rings (SSSR count). The molecule has 0 amide bonds. The molecule has 17 heavy (non-hydrogen) atoms. The molecule has 0 fully saturated rings. The molecule has 1 aliphatic rings. The molecule has 2 aromatic carbocycles. The van der Waals surface area contributed by atoms with Gasteiger partial charge in [-0.25, -0.2) is 0 Å². The summed E-state index contributed by atoms with van der Waals surface area (Å²) < 4.78 is 0.810. The van der Waals surface area contributed by atoms with E-state index in [9.17, 15) is 0 Å². The number of allylic oxidation sites excluding steroid dienone is 1. The van der Waals surface area contributed by atoms with Crippen molar-refractivity contribution in [3.05, 3.63) is 71.8 Å². The van der Waals surface area contributed by atoms with Crippen molar-refractivity contribution in [3.8, 4) is 0 Å². The van der Waals surface area contributed by atoms with Gasteiger partial charge in [0.2, 0.25) is 0 Å². The summed E-state index contributed by atoms with van der Waals surface area (Å²) in [6.07, 6.45) is 4.74. The fraction of sp³-hybridized carbons (Fsp3) is 0.0667. The van der Waals surface area contributed by atoms with E-state index in [4.69, 9.17) is 0 Å². The predicted octanol–water partition coefficient (Wildman–Crippen LogP) is 3.98. The molecule has 2 unspecified atom stereocenters. The molecule has 0 saturated heterocycles. The second-order valence-corrected chi connectivity index (χ2v) is 13.3. The summed E-state index contributed by atoms with van der Waals surface area (Å²) in [5.74, 6) is 1.09. The van der Waals surface area contributed by atoms with E-state index >= 15 is 0 Å². The van der Waals surface area contributed by atoms with Crippen LogP contribution in [0.4, 0.5) is 0 Å². The van der Waals surface area contributed by atoms with Crippen LogP contribution in [0.2, 0.25) is 0 Å². The van der Waals surface area contributed by atoms with Crippen LogP contribution in [0, 0.1) is 0 Å². The first kappa shape index (κ1) is 11.6. The van der Waals surface area contributed by atoms with Crippen molar-refractivity contribution < 1.29 is 25.2 Å². The van der Waals surface area contributed by atoms with E-state index < -0.39 is 22.3 Å². The van der Waals surface area contributed by atoms with Crippen LogP contribution in [0.1, 0.15) is 17.7 Å². The van der Waals surface area contributed by atoms with Crippen molar-refractivity contribution in [1.82, 2.24) is 0 Å². The molecule has 0 N–H and O–H groups in total. The van der Waals surface area contributed by atoms with E-state index in [1.54, 1.807) is 10.9 Å². The van der Waals surface area contributed by atoms with E-state index in [0.29, 0.717) is 0 Å². The van der Waals surface area contributed by atoms with Gasteiger partial charge in [0, 0.05) is 0 Å².